The van der Waals surface area contributed by atoms with Gasteiger partial charge in [0.25, 0.3) is 5.91 Å². The number of aromatic amines is 1. The van der Waals surface area contributed by atoms with Crippen LogP contribution in [0.3, 0.4) is 0 Å². The number of pyridine rings is 1. The molecule has 3 heterocycles. The van der Waals surface area contributed by atoms with E-state index in [4.69, 9.17) is 4.74 Å². The Morgan fingerprint density at radius 1 is 0.974 bits per heavy atom. The van der Waals surface area contributed by atoms with E-state index in [1.54, 1.807) is 18.2 Å². The average Bonchev–Trinajstić information content (AvgIpc) is 3.43. The van der Waals surface area contributed by atoms with Crippen molar-refractivity contribution in [1.82, 2.24) is 20.4 Å². The molecule has 0 atom stereocenters. The molecule has 1 aliphatic rings. The SMILES string of the molecule is O=C(Nc1ccc(N2CCC(Oc3ccccc3)CC2)cc1)c1cc(-c2ccc3[nH]nnc3n2)ccc1F. The molecule has 8 nitrogen and oxygen atoms in total. The first-order chi connectivity index (χ1) is 18.6. The van der Waals surface area contributed by atoms with Crippen molar-refractivity contribution in [3.8, 4) is 17.0 Å². The van der Waals surface area contributed by atoms with E-state index in [1.807, 2.05) is 54.6 Å². The number of piperidine rings is 1. The predicted octanol–water partition coefficient (Wildman–Crippen LogP) is 5.46. The number of ether oxygens (including phenoxy) is 1. The maximum absolute atomic E-state index is 14.6. The summed E-state index contributed by atoms with van der Waals surface area (Å²) in [7, 11) is 0. The number of hydrogen-bond acceptors (Lipinski definition) is 6. The highest BCUT2D eigenvalue weighted by atomic mass is 19.1. The third-order valence-electron chi connectivity index (χ3n) is 6.68. The third-order valence-corrected chi connectivity index (χ3v) is 6.68. The van der Waals surface area contributed by atoms with Crippen molar-refractivity contribution < 1.29 is 13.9 Å². The van der Waals surface area contributed by atoms with Gasteiger partial charge in [0.05, 0.1) is 11.3 Å². The minimum Gasteiger partial charge on any atom is -0.490 e. The number of aromatic nitrogens is 4. The minimum atomic E-state index is -0.606. The second-order valence-electron chi connectivity index (χ2n) is 9.19. The van der Waals surface area contributed by atoms with Gasteiger partial charge < -0.3 is 15.0 Å². The quantitative estimate of drug-likeness (QED) is 0.316. The Morgan fingerprint density at radius 3 is 2.55 bits per heavy atom. The van der Waals surface area contributed by atoms with Crippen LogP contribution >= 0.6 is 0 Å². The van der Waals surface area contributed by atoms with Crippen LogP contribution in [-0.2, 0) is 0 Å². The van der Waals surface area contributed by atoms with Crippen molar-refractivity contribution in [3.63, 3.8) is 0 Å². The van der Waals surface area contributed by atoms with Crippen molar-refractivity contribution in [2.45, 2.75) is 18.9 Å². The van der Waals surface area contributed by atoms with Gasteiger partial charge >= 0.3 is 0 Å². The zero-order valence-electron chi connectivity index (χ0n) is 20.5. The Morgan fingerprint density at radius 2 is 1.76 bits per heavy atom. The molecule has 0 spiro atoms. The van der Waals surface area contributed by atoms with E-state index in [-0.39, 0.29) is 11.7 Å². The Balaban J connectivity index is 1.09. The average molecular weight is 509 g/mol. The van der Waals surface area contributed by atoms with Crippen LogP contribution in [0.2, 0.25) is 0 Å². The van der Waals surface area contributed by atoms with Gasteiger partial charge in [-0.25, -0.2) is 9.37 Å². The van der Waals surface area contributed by atoms with Crippen molar-refractivity contribution in [2.75, 3.05) is 23.3 Å². The topological polar surface area (TPSA) is 96.0 Å². The highest BCUT2D eigenvalue weighted by Crippen LogP contribution is 2.26. The summed E-state index contributed by atoms with van der Waals surface area (Å²) < 4.78 is 20.7. The summed E-state index contributed by atoms with van der Waals surface area (Å²) in [4.78, 5) is 19.7. The highest BCUT2D eigenvalue weighted by molar-refractivity contribution is 6.05. The standard InChI is InChI=1S/C29H25FN6O2/c30-25-11-6-19(26-12-13-27-28(32-26)34-35-33-27)18-24(25)29(37)31-20-7-9-21(10-8-20)36-16-14-23(15-17-36)38-22-4-2-1-3-5-22/h1-13,18,23H,14-17H2,(H,31,37)(H,32,33,34,35). The maximum atomic E-state index is 14.6. The summed E-state index contributed by atoms with van der Waals surface area (Å²) in [6, 6.07) is 25.4. The van der Waals surface area contributed by atoms with Crippen molar-refractivity contribution in [3.05, 3.63) is 96.3 Å². The number of anilines is 2. The number of nitrogens with one attached hydrogen (secondary N) is 2. The number of benzene rings is 3. The molecule has 0 saturated carbocycles. The van der Waals surface area contributed by atoms with Crippen molar-refractivity contribution in [2.24, 2.45) is 0 Å². The second-order valence-corrected chi connectivity index (χ2v) is 9.19. The van der Waals surface area contributed by atoms with Crippen LogP contribution in [0.25, 0.3) is 22.4 Å². The lowest BCUT2D eigenvalue weighted by Gasteiger charge is -2.33. The molecule has 6 rings (SSSR count). The Labute approximate surface area is 218 Å². The van der Waals surface area contributed by atoms with Gasteiger partial charge in [-0.2, -0.15) is 0 Å². The number of fused-ring (bicyclic) bond motifs is 1. The summed E-state index contributed by atoms with van der Waals surface area (Å²) >= 11 is 0. The lowest BCUT2D eigenvalue weighted by molar-refractivity contribution is 0.102. The molecule has 9 heteroatoms. The number of carbonyl (C=O) groups excluding carboxylic acids is 1. The van der Waals surface area contributed by atoms with E-state index < -0.39 is 11.7 Å². The van der Waals surface area contributed by atoms with Crippen LogP contribution < -0.4 is 15.0 Å². The first-order valence-electron chi connectivity index (χ1n) is 12.5. The summed E-state index contributed by atoms with van der Waals surface area (Å²) in [5.74, 6) is -0.232. The Kier molecular flexibility index (Phi) is 6.39. The molecule has 0 bridgehead atoms. The van der Waals surface area contributed by atoms with Crippen molar-refractivity contribution >= 4 is 28.4 Å². The van der Waals surface area contributed by atoms with E-state index in [2.05, 4.69) is 30.6 Å². The predicted molar refractivity (Wildman–Crippen MR) is 144 cm³/mol. The minimum absolute atomic E-state index is 0.0610. The van der Waals surface area contributed by atoms with E-state index in [0.29, 0.717) is 28.1 Å². The molecular weight excluding hydrogens is 483 g/mol. The molecular formula is C29H25FN6O2. The van der Waals surface area contributed by atoms with E-state index in [0.717, 1.165) is 37.4 Å². The first kappa shape index (κ1) is 23.6. The van der Waals surface area contributed by atoms with Gasteiger partial charge in [-0.05, 0) is 66.7 Å². The molecule has 3 aromatic carbocycles. The van der Waals surface area contributed by atoms with Gasteiger partial charge in [0.2, 0.25) is 5.65 Å². The fraction of sp³-hybridized carbons (Fsp3) is 0.172. The maximum Gasteiger partial charge on any atom is 0.258 e. The van der Waals surface area contributed by atoms with Crippen LogP contribution in [0.5, 0.6) is 5.75 Å². The van der Waals surface area contributed by atoms with Gasteiger partial charge in [-0.15, -0.1) is 5.10 Å². The molecule has 1 amide bonds. The molecule has 1 saturated heterocycles. The number of para-hydroxylation sites is 1. The normalized spacial score (nSPS) is 14.0. The molecule has 1 aliphatic heterocycles. The van der Waals surface area contributed by atoms with Gasteiger partial charge in [-0.3, -0.25) is 9.89 Å². The Bertz CT molecular complexity index is 1560. The fourth-order valence-electron chi connectivity index (χ4n) is 4.63. The van der Waals surface area contributed by atoms with E-state index in [1.165, 1.54) is 12.1 Å². The van der Waals surface area contributed by atoms with Crippen LogP contribution in [-0.4, -0.2) is 45.5 Å². The number of H-pyrrole nitrogens is 1. The largest absolute Gasteiger partial charge is 0.490 e. The number of hydrogen-bond donors (Lipinski definition) is 2. The molecule has 190 valence electrons. The van der Waals surface area contributed by atoms with Gasteiger partial charge in [0.15, 0.2) is 0 Å². The molecule has 2 aromatic heterocycles. The number of halogens is 1. The molecule has 5 aromatic rings. The van der Waals surface area contributed by atoms with Crippen molar-refractivity contribution in [1.29, 1.82) is 0 Å². The van der Waals surface area contributed by atoms with Crippen LogP contribution in [0.15, 0.2) is 84.9 Å². The number of carbonyl (C=O) groups is 1. The zero-order valence-corrected chi connectivity index (χ0v) is 20.5. The molecule has 2 N–H and O–H groups in total. The third kappa shape index (κ3) is 5.04. The number of amides is 1. The van der Waals surface area contributed by atoms with Gasteiger partial charge in [-0.1, -0.05) is 23.4 Å². The smallest absolute Gasteiger partial charge is 0.258 e. The molecule has 0 aliphatic carbocycles. The molecule has 0 radical (unpaired) electrons. The first-order valence-corrected chi connectivity index (χ1v) is 12.5. The number of rotatable bonds is 6. The second kappa shape index (κ2) is 10.3. The summed E-state index contributed by atoms with van der Waals surface area (Å²) in [6.07, 6.45) is 2.06. The summed E-state index contributed by atoms with van der Waals surface area (Å²) in [5, 5.41) is 13.2. The summed E-state index contributed by atoms with van der Waals surface area (Å²) in [6.45, 7) is 1.77. The van der Waals surface area contributed by atoms with E-state index >= 15 is 0 Å². The van der Waals surface area contributed by atoms with E-state index in [9.17, 15) is 9.18 Å². The van der Waals surface area contributed by atoms with Gasteiger partial charge in [0.1, 0.15) is 23.2 Å². The van der Waals surface area contributed by atoms with Gasteiger partial charge in [0, 0.05) is 42.9 Å². The zero-order chi connectivity index (χ0) is 25.9. The lowest BCUT2D eigenvalue weighted by atomic mass is 10.1. The monoisotopic (exact) mass is 508 g/mol. The Hall–Kier alpha value is -4.79. The fourth-order valence-corrected chi connectivity index (χ4v) is 4.63. The highest BCUT2D eigenvalue weighted by Gasteiger charge is 2.21. The molecule has 0 unspecified atom stereocenters. The number of nitrogens with zero attached hydrogens (tertiary/aromatic N) is 4. The summed E-state index contributed by atoms with van der Waals surface area (Å²) in [5.41, 5.74) is 3.93. The van der Waals surface area contributed by atoms with Crippen LogP contribution in [0.4, 0.5) is 15.8 Å². The molecule has 38 heavy (non-hydrogen) atoms. The van der Waals surface area contributed by atoms with Crippen LogP contribution in [0.1, 0.15) is 23.2 Å². The molecule has 1 fully saturated rings. The lowest BCUT2D eigenvalue weighted by Crippen LogP contribution is -2.38. The van der Waals surface area contributed by atoms with Crippen LogP contribution in [0, 0.1) is 5.82 Å².